The van der Waals surface area contributed by atoms with Crippen LogP contribution < -0.4 is 0 Å². The van der Waals surface area contributed by atoms with Gasteiger partial charge in [-0.1, -0.05) is 11.6 Å². The van der Waals surface area contributed by atoms with Crippen molar-refractivity contribution in [3.05, 3.63) is 27.4 Å². The number of halogens is 3. The van der Waals surface area contributed by atoms with E-state index in [9.17, 15) is 9.18 Å². The number of nitrogens with zero attached hydrogens (tertiary/aromatic N) is 1. The molecule has 2 nitrogen and oxygen atoms in total. The Morgan fingerprint density at radius 2 is 2.23 bits per heavy atom. The van der Waals surface area contributed by atoms with Gasteiger partial charge in [-0.25, -0.2) is 9.38 Å². The first-order chi connectivity index (χ1) is 6.15. The van der Waals surface area contributed by atoms with E-state index >= 15 is 0 Å². The second-order valence-corrected chi connectivity index (χ2v) is 3.42. The molecule has 0 aliphatic rings. The molecule has 0 spiro atoms. The zero-order valence-electron chi connectivity index (χ0n) is 6.30. The van der Waals surface area contributed by atoms with Crippen LogP contribution in [-0.2, 0) is 4.79 Å². The molecule has 0 aliphatic carbocycles. The molecule has 5 heteroatoms. The van der Waals surface area contributed by atoms with Gasteiger partial charge in [0.25, 0.3) is 0 Å². The Morgan fingerprint density at radius 1 is 1.54 bits per heavy atom. The van der Waals surface area contributed by atoms with Gasteiger partial charge in [0.05, 0.1) is 6.21 Å². The lowest BCUT2D eigenvalue weighted by atomic mass is 10.3. The fraction of sp³-hybridized carbons (Fsp3) is 0. The van der Waals surface area contributed by atoms with Crippen molar-refractivity contribution in [2.45, 2.75) is 0 Å². The quantitative estimate of drug-likeness (QED) is 0.596. The monoisotopic (exact) mass is 263 g/mol. The van der Waals surface area contributed by atoms with Crippen molar-refractivity contribution in [1.29, 1.82) is 0 Å². The number of hydrogen-bond acceptors (Lipinski definition) is 2. The average molecular weight is 264 g/mol. The van der Waals surface area contributed by atoms with Gasteiger partial charge < -0.3 is 0 Å². The number of aliphatic imine (C=N–C) groups is 1. The molecule has 0 aliphatic heterocycles. The minimum absolute atomic E-state index is 0.0662. The molecule has 0 aromatic heterocycles. The predicted octanol–water partition coefficient (Wildman–Crippen LogP) is 3.14. The second kappa shape index (κ2) is 4.48. The van der Waals surface area contributed by atoms with E-state index in [-0.39, 0.29) is 10.7 Å². The third-order valence-corrected chi connectivity index (χ3v) is 2.07. The molecule has 68 valence electrons. The predicted molar refractivity (Wildman–Crippen MR) is 53.3 cm³/mol. The zero-order chi connectivity index (χ0) is 9.84. The molecule has 0 N–H and O–H groups in total. The first kappa shape index (κ1) is 10.3. The third-order valence-electron chi connectivity index (χ3n) is 1.25. The summed E-state index contributed by atoms with van der Waals surface area (Å²) in [5.74, 6) is -0.572. The van der Waals surface area contributed by atoms with Gasteiger partial charge in [-0.2, -0.15) is 0 Å². The summed E-state index contributed by atoms with van der Waals surface area (Å²) in [6.07, 6.45) is 1.44. The minimum atomic E-state index is -0.572. The molecular weight excluding hydrogens is 260 g/mol. The standard InChI is InChI=1S/C8H4BrClFNO/c9-6-3-5(10)4-7(11)8(6)12-1-2-13/h1-4H. The number of carbonyl (C=O) groups excluding carboxylic acids is 1. The van der Waals surface area contributed by atoms with Gasteiger partial charge >= 0.3 is 0 Å². The van der Waals surface area contributed by atoms with Crippen LogP contribution in [0.4, 0.5) is 10.1 Å². The van der Waals surface area contributed by atoms with E-state index in [4.69, 9.17) is 11.6 Å². The maximum atomic E-state index is 13.1. The highest BCUT2D eigenvalue weighted by atomic mass is 79.9. The summed E-state index contributed by atoms with van der Waals surface area (Å²) in [4.78, 5) is 13.5. The Bertz CT molecular complexity index is 344. The third kappa shape index (κ3) is 2.60. The Kier molecular flexibility index (Phi) is 3.57. The van der Waals surface area contributed by atoms with Crippen LogP contribution in [0.1, 0.15) is 0 Å². The maximum Gasteiger partial charge on any atom is 0.161 e. The second-order valence-electron chi connectivity index (χ2n) is 2.13. The van der Waals surface area contributed by atoms with Gasteiger partial charge in [0.1, 0.15) is 5.69 Å². The summed E-state index contributed by atoms with van der Waals surface area (Å²) in [6.45, 7) is 0. The number of hydrogen-bond donors (Lipinski definition) is 0. The van der Waals surface area contributed by atoms with Gasteiger partial charge in [0.15, 0.2) is 12.1 Å². The van der Waals surface area contributed by atoms with Gasteiger partial charge in [0.2, 0.25) is 0 Å². The van der Waals surface area contributed by atoms with Crippen molar-refractivity contribution in [3.63, 3.8) is 0 Å². The molecule has 1 aromatic rings. The van der Waals surface area contributed by atoms with E-state index in [1.807, 2.05) is 0 Å². The van der Waals surface area contributed by atoms with E-state index in [0.29, 0.717) is 10.8 Å². The van der Waals surface area contributed by atoms with E-state index in [0.717, 1.165) is 12.3 Å². The van der Waals surface area contributed by atoms with Crippen molar-refractivity contribution in [1.82, 2.24) is 0 Å². The minimum Gasteiger partial charge on any atom is -0.297 e. The van der Waals surface area contributed by atoms with E-state index in [1.165, 1.54) is 6.07 Å². The van der Waals surface area contributed by atoms with Crippen LogP contribution in [0, 0.1) is 5.82 Å². The summed E-state index contributed by atoms with van der Waals surface area (Å²) in [7, 11) is 0. The van der Waals surface area contributed by atoms with Crippen LogP contribution in [0.2, 0.25) is 5.02 Å². The molecule has 13 heavy (non-hydrogen) atoms. The number of aldehydes is 1. The summed E-state index contributed by atoms with van der Waals surface area (Å²) in [5, 5.41) is 0.273. The maximum absolute atomic E-state index is 13.1. The van der Waals surface area contributed by atoms with Crippen LogP contribution >= 0.6 is 27.5 Å². The summed E-state index contributed by atoms with van der Waals surface area (Å²) >= 11 is 8.64. The summed E-state index contributed by atoms with van der Waals surface area (Å²) < 4.78 is 13.5. The molecule has 0 saturated carbocycles. The molecule has 0 heterocycles. The summed E-state index contributed by atoms with van der Waals surface area (Å²) in [5.41, 5.74) is 0.0662. The molecule has 0 atom stereocenters. The van der Waals surface area contributed by atoms with Crippen LogP contribution in [0.15, 0.2) is 21.6 Å². The smallest absolute Gasteiger partial charge is 0.161 e. The average Bonchev–Trinajstić information content (AvgIpc) is 2.02. The fourth-order valence-corrected chi connectivity index (χ4v) is 1.64. The Morgan fingerprint density at radius 3 is 2.77 bits per heavy atom. The van der Waals surface area contributed by atoms with Crippen LogP contribution in [0.3, 0.4) is 0 Å². The molecule has 0 radical (unpaired) electrons. The van der Waals surface area contributed by atoms with Crippen molar-refractivity contribution < 1.29 is 9.18 Å². The van der Waals surface area contributed by atoms with Crippen LogP contribution in [0.5, 0.6) is 0 Å². The van der Waals surface area contributed by atoms with Gasteiger partial charge in [0, 0.05) is 9.50 Å². The van der Waals surface area contributed by atoms with Crippen molar-refractivity contribution in [2.75, 3.05) is 0 Å². The number of carbonyl (C=O) groups is 1. The topological polar surface area (TPSA) is 29.4 Å². The first-order valence-corrected chi connectivity index (χ1v) is 4.44. The van der Waals surface area contributed by atoms with Gasteiger partial charge in [-0.05, 0) is 28.1 Å². The Hall–Kier alpha value is -0.740. The Labute approximate surface area is 87.6 Å². The van der Waals surface area contributed by atoms with Crippen molar-refractivity contribution in [2.24, 2.45) is 4.99 Å². The van der Waals surface area contributed by atoms with Gasteiger partial charge in [-0.3, -0.25) is 4.79 Å². The van der Waals surface area contributed by atoms with Gasteiger partial charge in [-0.15, -0.1) is 0 Å². The van der Waals surface area contributed by atoms with Crippen molar-refractivity contribution >= 4 is 45.7 Å². The highest BCUT2D eigenvalue weighted by Crippen LogP contribution is 2.31. The van der Waals surface area contributed by atoms with Crippen molar-refractivity contribution in [3.8, 4) is 0 Å². The number of benzene rings is 1. The lowest BCUT2D eigenvalue weighted by Gasteiger charge is -1.99. The highest BCUT2D eigenvalue weighted by Gasteiger charge is 2.06. The molecule has 0 fully saturated rings. The largest absolute Gasteiger partial charge is 0.297 e. The lowest BCUT2D eigenvalue weighted by molar-refractivity contribution is -0.102. The van der Waals surface area contributed by atoms with Crippen LogP contribution in [-0.4, -0.2) is 12.5 Å². The molecule has 0 amide bonds. The summed E-state index contributed by atoms with van der Waals surface area (Å²) in [6, 6.07) is 2.63. The zero-order valence-corrected chi connectivity index (χ0v) is 8.64. The van der Waals surface area contributed by atoms with E-state index in [1.54, 1.807) is 0 Å². The van der Waals surface area contributed by atoms with Crippen LogP contribution in [0.25, 0.3) is 0 Å². The molecule has 0 saturated heterocycles. The molecule has 0 bridgehead atoms. The lowest BCUT2D eigenvalue weighted by Crippen LogP contribution is -1.80. The molecular formula is C8H4BrClFNO. The Balaban J connectivity index is 3.20. The fourth-order valence-electron chi connectivity index (χ4n) is 0.763. The van der Waals surface area contributed by atoms with E-state index < -0.39 is 5.82 Å². The van der Waals surface area contributed by atoms with E-state index in [2.05, 4.69) is 20.9 Å². The normalized spacial score (nSPS) is 10.7. The molecule has 1 rings (SSSR count). The highest BCUT2D eigenvalue weighted by molar-refractivity contribution is 9.10. The molecule has 0 unspecified atom stereocenters. The number of rotatable bonds is 2. The SMILES string of the molecule is O=CC=Nc1c(F)cc(Cl)cc1Br. The first-order valence-electron chi connectivity index (χ1n) is 3.27. The molecule has 1 aromatic carbocycles.